The molecule has 0 radical (unpaired) electrons. The van der Waals surface area contributed by atoms with Crippen LogP contribution in [0.1, 0.15) is 117 Å². The number of rotatable bonds is 3. The minimum absolute atomic E-state index is 0.0158. The lowest BCUT2D eigenvalue weighted by molar-refractivity contribution is -0.201. The topological polar surface area (TPSA) is 9.23 Å². The van der Waals surface area contributed by atoms with Crippen LogP contribution in [0.5, 0.6) is 0 Å². The molecule has 1 heteroatoms. The van der Waals surface area contributed by atoms with E-state index in [2.05, 4.69) is 26.8 Å². The summed E-state index contributed by atoms with van der Waals surface area (Å²) >= 11 is 0. The first kappa shape index (κ1) is 19.5. The van der Waals surface area contributed by atoms with Crippen molar-refractivity contribution < 1.29 is 4.74 Å². The van der Waals surface area contributed by atoms with E-state index in [-0.39, 0.29) is 11.2 Å². The van der Waals surface area contributed by atoms with Crippen molar-refractivity contribution in [2.24, 2.45) is 11.8 Å². The Hall–Kier alpha value is -0.300. The molecule has 3 aliphatic rings. The van der Waals surface area contributed by atoms with E-state index < -0.39 is 0 Å². The lowest BCUT2D eigenvalue weighted by Gasteiger charge is -2.50. The van der Waals surface area contributed by atoms with Crippen LogP contribution in [0.3, 0.4) is 0 Å². The minimum atomic E-state index is 0.0158. The fourth-order valence-electron chi connectivity index (χ4n) is 5.72. The molecule has 2 unspecified atom stereocenters. The summed E-state index contributed by atoms with van der Waals surface area (Å²) in [7, 11) is 0. The molecule has 0 amide bonds. The van der Waals surface area contributed by atoms with Crippen LogP contribution in [0.4, 0.5) is 0 Å². The second-order valence-electron chi connectivity index (χ2n) is 9.89. The Morgan fingerprint density at radius 3 is 2.28 bits per heavy atom. The first-order valence-electron chi connectivity index (χ1n) is 11.4. The molecule has 0 aromatic heterocycles. The summed E-state index contributed by atoms with van der Waals surface area (Å²) in [6, 6.07) is 0. The predicted octanol–water partition coefficient (Wildman–Crippen LogP) is 7.59. The van der Waals surface area contributed by atoms with Gasteiger partial charge >= 0.3 is 0 Å². The Morgan fingerprint density at radius 1 is 0.920 bits per heavy atom. The van der Waals surface area contributed by atoms with E-state index in [9.17, 15) is 0 Å². The van der Waals surface area contributed by atoms with Gasteiger partial charge in [-0.15, -0.1) is 0 Å². The standard InChI is InChI=1S/C24H42O/c1-20-13-11-12-18-24(25-23(20,2)3,19-21-14-9-10-15-21)22-16-7-5-4-6-8-17-22/h14,20,22H,4-13,15-19H2,1-3H3. The summed E-state index contributed by atoms with van der Waals surface area (Å²) in [5, 5.41) is 0. The van der Waals surface area contributed by atoms with Crippen molar-refractivity contribution in [3.63, 3.8) is 0 Å². The van der Waals surface area contributed by atoms with Gasteiger partial charge in [0.15, 0.2) is 0 Å². The second-order valence-corrected chi connectivity index (χ2v) is 9.89. The zero-order valence-electron chi connectivity index (χ0n) is 17.2. The van der Waals surface area contributed by atoms with E-state index in [0.717, 1.165) is 5.92 Å². The normalized spacial score (nSPS) is 35.3. The molecule has 1 saturated heterocycles. The highest BCUT2D eigenvalue weighted by molar-refractivity contribution is 5.13. The molecule has 0 aromatic rings. The van der Waals surface area contributed by atoms with Gasteiger partial charge in [0.2, 0.25) is 0 Å². The van der Waals surface area contributed by atoms with Gasteiger partial charge < -0.3 is 4.74 Å². The monoisotopic (exact) mass is 346 g/mol. The van der Waals surface area contributed by atoms with E-state index in [1.54, 1.807) is 5.57 Å². The Bertz CT molecular complexity index is 441. The minimum Gasteiger partial charge on any atom is -0.368 e. The van der Waals surface area contributed by atoms with Crippen LogP contribution in [0.2, 0.25) is 0 Å². The van der Waals surface area contributed by atoms with Crippen molar-refractivity contribution >= 4 is 0 Å². The van der Waals surface area contributed by atoms with Crippen LogP contribution >= 0.6 is 0 Å². The van der Waals surface area contributed by atoms with Gasteiger partial charge in [0.05, 0.1) is 11.2 Å². The quantitative estimate of drug-likeness (QED) is 0.478. The summed E-state index contributed by atoms with van der Waals surface area (Å²) in [5.74, 6) is 1.44. The molecule has 1 nitrogen and oxygen atoms in total. The summed E-state index contributed by atoms with van der Waals surface area (Å²) in [5.41, 5.74) is 1.85. The van der Waals surface area contributed by atoms with E-state index in [0.29, 0.717) is 5.92 Å². The van der Waals surface area contributed by atoms with Crippen LogP contribution in [-0.2, 0) is 4.74 Å². The van der Waals surface area contributed by atoms with Gasteiger partial charge in [0.1, 0.15) is 0 Å². The fourth-order valence-corrected chi connectivity index (χ4v) is 5.72. The molecule has 1 heterocycles. The molecule has 1 saturated carbocycles. The number of hydrogen-bond acceptors (Lipinski definition) is 1. The van der Waals surface area contributed by atoms with Crippen molar-refractivity contribution in [3.05, 3.63) is 11.6 Å². The molecule has 3 rings (SSSR count). The molecule has 1 aliphatic heterocycles. The van der Waals surface area contributed by atoms with Crippen LogP contribution in [0.15, 0.2) is 11.6 Å². The zero-order chi connectivity index (χ0) is 17.8. The molecular formula is C24H42O. The van der Waals surface area contributed by atoms with Gasteiger partial charge in [0, 0.05) is 0 Å². The van der Waals surface area contributed by atoms with E-state index in [4.69, 9.17) is 4.74 Å². The maximum Gasteiger partial charge on any atom is 0.0754 e. The number of allylic oxidation sites excluding steroid dienone is 1. The third-order valence-electron chi connectivity index (χ3n) is 7.65. The molecule has 0 spiro atoms. The summed E-state index contributed by atoms with van der Waals surface area (Å²) < 4.78 is 7.24. The Kier molecular flexibility index (Phi) is 6.69. The molecule has 2 fully saturated rings. The Labute approximate surface area is 157 Å². The van der Waals surface area contributed by atoms with Crippen molar-refractivity contribution in [2.75, 3.05) is 0 Å². The van der Waals surface area contributed by atoms with Gasteiger partial charge in [-0.25, -0.2) is 0 Å². The smallest absolute Gasteiger partial charge is 0.0754 e. The van der Waals surface area contributed by atoms with E-state index in [1.807, 2.05) is 0 Å². The molecule has 2 atom stereocenters. The first-order chi connectivity index (χ1) is 12.0. The van der Waals surface area contributed by atoms with Gasteiger partial charge in [-0.2, -0.15) is 0 Å². The van der Waals surface area contributed by atoms with Crippen LogP contribution in [0, 0.1) is 11.8 Å². The SMILES string of the molecule is CC1CCCCC(CC2=CCCC2)(C2CCCCCCC2)OC1(C)C. The van der Waals surface area contributed by atoms with Gasteiger partial charge in [-0.1, -0.05) is 63.5 Å². The lowest BCUT2D eigenvalue weighted by Crippen LogP contribution is -2.51. The Balaban J connectivity index is 1.87. The molecule has 25 heavy (non-hydrogen) atoms. The highest BCUT2D eigenvalue weighted by atomic mass is 16.5. The van der Waals surface area contributed by atoms with E-state index in [1.165, 1.54) is 96.3 Å². The van der Waals surface area contributed by atoms with Crippen LogP contribution in [0.25, 0.3) is 0 Å². The van der Waals surface area contributed by atoms with Crippen molar-refractivity contribution in [3.8, 4) is 0 Å². The summed E-state index contributed by atoms with van der Waals surface area (Å²) in [4.78, 5) is 0. The van der Waals surface area contributed by atoms with Crippen LogP contribution < -0.4 is 0 Å². The average Bonchev–Trinajstić information content (AvgIpc) is 3.02. The molecular weight excluding hydrogens is 304 g/mol. The van der Waals surface area contributed by atoms with Gasteiger partial charge in [-0.3, -0.25) is 0 Å². The van der Waals surface area contributed by atoms with Crippen LogP contribution in [-0.4, -0.2) is 11.2 Å². The Morgan fingerprint density at radius 2 is 1.60 bits per heavy atom. The molecule has 0 N–H and O–H groups in total. The number of ether oxygens (including phenoxy) is 1. The number of hydrogen-bond donors (Lipinski definition) is 0. The van der Waals surface area contributed by atoms with Crippen molar-refractivity contribution in [1.82, 2.24) is 0 Å². The summed E-state index contributed by atoms with van der Waals surface area (Å²) in [6.45, 7) is 7.18. The molecule has 0 aromatic carbocycles. The molecule has 144 valence electrons. The highest BCUT2D eigenvalue weighted by Crippen LogP contribution is 2.48. The average molecular weight is 347 g/mol. The second kappa shape index (κ2) is 8.59. The van der Waals surface area contributed by atoms with Crippen molar-refractivity contribution in [2.45, 2.75) is 128 Å². The zero-order valence-corrected chi connectivity index (χ0v) is 17.2. The third kappa shape index (κ3) is 4.90. The highest BCUT2D eigenvalue weighted by Gasteiger charge is 2.46. The maximum absolute atomic E-state index is 7.24. The third-order valence-corrected chi connectivity index (χ3v) is 7.65. The maximum atomic E-state index is 7.24. The molecule has 0 bridgehead atoms. The fraction of sp³-hybridized carbons (Fsp3) is 0.917. The first-order valence-corrected chi connectivity index (χ1v) is 11.4. The lowest BCUT2D eigenvalue weighted by atomic mass is 9.70. The summed E-state index contributed by atoms with van der Waals surface area (Å²) in [6.07, 6.45) is 23.1. The van der Waals surface area contributed by atoms with Gasteiger partial charge in [-0.05, 0) is 77.0 Å². The predicted molar refractivity (Wildman–Crippen MR) is 108 cm³/mol. The largest absolute Gasteiger partial charge is 0.368 e. The molecule has 2 aliphatic carbocycles. The van der Waals surface area contributed by atoms with E-state index >= 15 is 0 Å². The van der Waals surface area contributed by atoms with Crippen molar-refractivity contribution in [1.29, 1.82) is 0 Å². The van der Waals surface area contributed by atoms with Gasteiger partial charge in [0.25, 0.3) is 0 Å².